The highest BCUT2D eigenvalue weighted by atomic mass is 79.9. The molecule has 1 aliphatic rings. The zero-order valence-electron chi connectivity index (χ0n) is 14.5. The van der Waals surface area contributed by atoms with Gasteiger partial charge in [0.2, 0.25) is 0 Å². The summed E-state index contributed by atoms with van der Waals surface area (Å²) in [5.74, 6) is 0. The second-order valence-corrected chi connectivity index (χ2v) is 7.43. The molecule has 1 heterocycles. The largest absolute Gasteiger partial charge is 0.371 e. The van der Waals surface area contributed by atoms with Crippen LogP contribution < -0.4 is 10.2 Å². The van der Waals surface area contributed by atoms with E-state index >= 15 is 0 Å². The van der Waals surface area contributed by atoms with Crippen molar-refractivity contribution < 1.29 is 4.79 Å². The van der Waals surface area contributed by atoms with Gasteiger partial charge in [-0.2, -0.15) is 0 Å². The number of piperidine rings is 1. The highest BCUT2D eigenvalue weighted by Gasteiger charge is 2.13. The zero-order valence-corrected chi connectivity index (χ0v) is 16.1. The van der Waals surface area contributed by atoms with Gasteiger partial charge in [0.05, 0.1) is 0 Å². The predicted octanol–water partition coefficient (Wildman–Crippen LogP) is 5.10. The standard InChI is InChI=1S/C20H24BrN3O/c1-23(15-16-8-10-17(21)11-9-16)20(25)22-18-6-5-7-19(14-18)24-12-3-2-4-13-24/h5-11,14H,2-4,12-13,15H2,1H3,(H,22,25). The summed E-state index contributed by atoms with van der Waals surface area (Å²) in [5, 5.41) is 3.00. The molecule has 1 fully saturated rings. The van der Waals surface area contributed by atoms with Gasteiger partial charge >= 0.3 is 6.03 Å². The monoisotopic (exact) mass is 401 g/mol. The maximum Gasteiger partial charge on any atom is 0.321 e. The van der Waals surface area contributed by atoms with Crippen LogP contribution in [0.2, 0.25) is 0 Å². The van der Waals surface area contributed by atoms with Crippen molar-refractivity contribution in [2.24, 2.45) is 0 Å². The number of hydrogen-bond donors (Lipinski definition) is 1. The number of amides is 2. The number of urea groups is 1. The Morgan fingerprint density at radius 1 is 1.12 bits per heavy atom. The fourth-order valence-corrected chi connectivity index (χ4v) is 3.35. The number of carbonyl (C=O) groups excluding carboxylic acids is 1. The average molecular weight is 402 g/mol. The van der Waals surface area contributed by atoms with Crippen LogP contribution in [0.15, 0.2) is 53.0 Å². The summed E-state index contributed by atoms with van der Waals surface area (Å²) in [5.41, 5.74) is 3.13. The number of rotatable bonds is 4. The summed E-state index contributed by atoms with van der Waals surface area (Å²) in [6, 6.07) is 16.1. The van der Waals surface area contributed by atoms with Crippen molar-refractivity contribution in [1.29, 1.82) is 0 Å². The van der Waals surface area contributed by atoms with E-state index in [4.69, 9.17) is 0 Å². The first-order valence-electron chi connectivity index (χ1n) is 8.73. The van der Waals surface area contributed by atoms with Crippen molar-refractivity contribution in [3.8, 4) is 0 Å². The lowest BCUT2D eigenvalue weighted by Gasteiger charge is -2.29. The topological polar surface area (TPSA) is 35.6 Å². The smallest absolute Gasteiger partial charge is 0.321 e. The lowest BCUT2D eigenvalue weighted by Crippen LogP contribution is -2.31. The van der Waals surface area contributed by atoms with Gasteiger partial charge in [-0.05, 0) is 55.2 Å². The molecule has 0 bridgehead atoms. The van der Waals surface area contributed by atoms with E-state index in [1.54, 1.807) is 4.90 Å². The SMILES string of the molecule is CN(Cc1ccc(Br)cc1)C(=O)Nc1cccc(N2CCCCC2)c1. The number of nitrogens with zero attached hydrogens (tertiary/aromatic N) is 2. The van der Waals surface area contributed by atoms with Gasteiger partial charge in [-0.1, -0.05) is 34.1 Å². The summed E-state index contributed by atoms with van der Waals surface area (Å²) in [4.78, 5) is 16.5. The fourth-order valence-electron chi connectivity index (χ4n) is 3.09. The van der Waals surface area contributed by atoms with Crippen LogP contribution in [0.3, 0.4) is 0 Å². The van der Waals surface area contributed by atoms with Crippen LogP contribution >= 0.6 is 15.9 Å². The third-order valence-electron chi connectivity index (χ3n) is 4.50. The van der Waals surface area contributed by atoms with Crippen LogP contribution in [-0.2, 0) is 6.54 Å². The van der Waals surface area contributed by atoms with E-state index in [-0.39, 0.29) is 6.03 Å². The Hall–Kier alpha value is -2.01. The van der Waals surface area contributed by atoms with Gasteiger partial charge in [0, 0.05) is 42.5 Å². The zero-order chi connectivity index (χ0) is 17.6. The predicted molar refractivity (Wildman–Crippen MR) is 107 cm³/mol. The molecule has 4 nitrogen and oxygen atoms in total. The van der Waals surface area contributed by atoms with E-state index in [2.05, 4.69) is 38.3 Å². The third-order valence-corrected chi connectivity index (χ3v) is 5.03. The molecule has 1 saturated heterocycles. The highest BCUT2D eigenvalue weighted by Crippen LogP contribution is 2.23. The maximum atomic E-state index is 12.5. The fraction of sp³-hybridized carbons (Fsp3) is 0.350. The van der Waals surface area contributed by atoms with Crippen LogP contribution in [0.4, 0.5) is 16.2 Å². The lowest BCUT2D eigenvalue weighted by molar-refractivity contribution is 0.220. The Labute approximate surface area is 158 Å². The van der Waals surface area contributed by atoms with Crippen LogP contribution in [0.1, 0.15) is 24.8 Å². The first-order chi connectivity index (χ1) is 12.1. The molecule has 1 aliphatic heterocycles. The number of nitrogens with one attached hydrogen (secondary N) is 1. The third kappa shape index (κ3) is 4.98. The van der Waals surface area contributed by atoms with Gasteiger partial charge in [-0.25, -0.2) is 4.79 Å². The number of carbonyl (C=O) groups is 1. The molecule has 1 N–H and O–H groups in total. The first kappa shape index (κ1) is 17.8. The second-order valence-electron chi connectivity index (χ2n) is 6.51. The number of anilines is 2. The Morgan fingerprint density at radius 3 is 2.56 bits per heavy atom. The van der Waals surface area contributed by atoms with Gasteiger partial charge in [-0.15, -0.1) is 0 Å². The van der Waals surface area contributed by atoms with E-state index in [1.165, 1.54) is 24.9 Å². The minimum atomic E-state index is -0.0984. The normalized spacial score (nSPS) is 14.2. The van der Waals surface area contributed by atoms with Gasteiger partial charge in [0.1, 0.15) is 0 Å². The molecule has 2 aromatic rings. The summed E-state index contributed by atoms with van der Waals surface area (Å²) < 4.78 is 1.04. The summed E-state index contributed by atoms with van der Waals surface area (Å²) in [6.45, 7) is 2.77. The first-order valence-corrected chi connectivity index (χ1v) is 9.53. The molecule has 25 heavy (non-hydrogen) atoms. The Bertz CT molecular complexity index is 711. The molecule has 2 aromatic carbocycles. The summed E-state index contributed by atoms with van der Waals surface area (Å²) in [6.07, 6.45) is 3.80. The molecule has 132 valence electrons. The lowest BCUT2D eigenvalue weighted by atomic mass is 10.1. The molecular formula is C20H24BrN3O. The molecule has 0 spiro atoms. The molecular weight excluding hydrogens is 378 g/mol. The van der Waals surface area contributed by atoms with Crippen LogP contribution in [-0.4, -0.2) is 31.1 Å². The second kappa shape index (κ2) is 8.39. The van der Waals surface area contributed by atoms with E-state index in [0.717, 1.165) is 28.8 Å². The molecule has 0 radical (unpaired) electrons. The van der Waals surface area contributed by atoms with E-state index in [1.807, 2.05) is 43.4 Å². The average Bonchev–Trinajstić information content (AvgIpc) is 2.64. The van der Waals surface area contributed by atoms with Crippen LogP contribution in [0.25, 0.3) is 0 Å². The van der Waals surface area contributed by atoms with Crippen molar-refractivity contribution in [3.63, 3.8) is 0 Å². The Morgan fingerprint density at radius 2 is 1.84 bits per heavy atom. The van der Waals surface area contributed by atoms with Crippen molar-refractivity contribution in [3.05, 3.63) is 58.6 Å². The van der Waals surface area contributed by atoms with E-state index in [0.29, 0.717) is 6.54 Å². The van der Waals surface area contributed by atoms with Crippen molar-refractivity contribution in [2.45, 2.75) is 25.8 Å². The van der Waals surface area contributed by atoms with E-state index in [9.17, 15) is 4.79 Å². The molecule has 0 unspecified atom stereocenters. The minimum Gasteiger partial charge on any atom is -0.371 e. The molecule has 2 amide bonds. The maximum absolute atomic E-state index is 12.5. The highest BCUT2D eigenvalue weighted by molar-refractivity contribution is 9.10. The Kier molecular flexibility index (Phi) is 5.97. The molecule has 0 aromatic heterocycles. The molecule has 0 aliphatic carbocycles. The van der Waals surface area contributed by atoms with Crippen molar-refractivity contribution >= 4 is 33.3 Å². The number of benzene rings is 2. The number of hydrogen-bond acceptors (Lipinski definition) is 2. The van der Waals surface area contributed by atoms with Gasteiger partial charge in [0.25, 0.3) is 0 Å². The minimum absolute atomic E-state index is 0.0984. The van der Waals surface area contributed by atoms with Crippen LogP contribution in [0, 0.1) is 0 Å². The molecule has 0 saturated carbocycles. The molecule has 0 atom stereocenters. The van der Waals surface area contributed by atoms with Crippen LogP contribution in [0.5, 0.6) is 0 Å². The molecule has 5 heteroatoms. The molecule has 3 rings (SSSR count). The van der Waals surface area contributed by atoms with Gasteiger partial charge in [0.15, 0.2) is 0 Å². The van der Waals surface area contributed by atoms with Crippen molar-refractivity contribution in [1.82, 2.24) is 4.90 Å². The number of halogens is 1. The summed E-state index contributed by atoms with van der Waals surface area (Å²) >= 11 is 3.43. The van der Waals surface area contributed by atoms with Crippen molar-refractivity contribution in [2.75, 3.05) is 30.4 Å². The van der Waals surface area contributed by atoms with Gasteiger partial charge < -0.3 is 15.1 Å². The Balaban J connectivity index is 1.60. The summed E-state index contributed by atoms with van der Waals surface area (Å²) in [7, 11) is 1.81. The van der Waals surface area contributed by atoms with Gasteiger partial charge in [-0.3, -0.25) is 0 Å². The van der Waals surface area contributed by atoms with E-state index < -0.39 is 0 Å². The quantitative estimate of drug-likeness (QED) is 0.772.